The number of rotatable bonds is 3. The van der Waals surface area contributed by atoms with Crippen LogP contribution in [-0.2, 0) is 0 Å². The van der Waals surface area contributed by atoms with Crippen LogP contribution in [0.15, 0.2) is 18.2 Å². The fraction of sp³-hybridized carbons (Fsp3) is 0.400. The van der Waals surface area contributed by atoms with Gasteiger partial charge in [-0.2, -0.15) is 0 Å². The van der Waals surface area contributed by atoms with E-state index in [1.54, 1.807) is 12.1 Å². The van der Waals surface area contributed by atoms with Crippen LogP contribution in [0, 0.1) is 17.0 Å². The van der Waals surface area contributed by atoms with Gasteiger partial charge < -0.3 is 5.32 Å². The van der Waals surface area contributed by atoms with Crippen molar-refractivity contribution in [3.05, 3.63) is 33.9 Å². The number of aryl methyl sites for hydroxylation is 1. The molecular weight excluding hydrogens is 180 g/mol. The van der Waals surface area contributed by atoms with E-state index in [0.717, 1.165) is 11.3 Å². The number of anilines is 1. The molecule has 0 radical (unpaired) electrons. The maximum absolute atomic E-state index is 10.5. The molecule has 1 aromatic carbocycles. The molecule has 0 heterocycles. The highest BCUT2D eigenvalue weighted by molar-refractivity contribution is 5.56. The van der Waals surface area contributed by atoms with Crippen molar-refractivity contribution < 1.29 is 4.92 Å². The normalized spacial score (nSPS) is 15.2. The van der Waals surface area contributed by atoms with E-state index in [-0.39, 0.29) is 10.6 Å². The fourth-order valence-corrected chi connectivity index (χ4v) is 1.37. The van der Waals surface area contributed by atoms with Crippen LogP contribution in [0.4, 0.5) is 11.4 Å². The van der Waals surface area contributed by atoms with Gasteiger partial charge in [0, 0.05) is 23.9 Å². The first kappa shape index (κ1) is 8.99. The Labute approximate surface area is 82.1 Å². The molecule has 1 aromatic rings. The van der Waals surface area contributed by atoms with Crippen molar-refractivity contribution >= 4 is 11.4 Å². The summed E-state index contributed by atoms with van der Waals surface area (Å²) in [4.78, 5) is 10.1. The van der Waals surface area contributed by atoms with Gasteiger partial charge in [0.25, 0.3) is 5.69 Å². The van der Waals surface area contributed by atoms with Crippen molar-refractivity contribution in [2.45, 2.75) is 25.8 Å². The van der Waals surface area contributed by atoms with Crippen LogP contribution in [0.25, 0.3) is 0 Å². The zero-order valence-electron chi connectivity index (χ0n) is 7.99. The van der Waals surface area contributed by atoms with E-state index in [0.29, 0.717) is 6.04 Å². The number of nitrogens with zero attached hydrogens (tertiary/aromatic N) is 1. The van der Waals surface area contributed by atoms with Crippen LogP contribution < -0.4 is 5.32 Å². The lowest BCUT2D eigenvalue weighted by molar-refractivity contribution is -0.384. The van der Waals surface area contributed by atoms with Crippen molar-refractivity contribution in [1.82, 2.24) is 0 Å². The lowest BCUT2D eigenvalue weighted by atomic mass is 10.2. The number of hydrogen-bond acceptors (Lipinski definition) is 3. The average Bonchev–Trinajstić information content (AvgIpc) is 2.92. The number of nitrogens with one attached hydrogen (secondary N) is 1. The third kappa shape index (κ3) is 1.84. The molecule has 1 N–H and O–H groups in total. The fourth-order valence-electron chi connectivity index (χ4n) is 1.37. The van der Waals surface area contributed by atoms with E-state index in [9.17, 15) is 10.1 Å². The predicted octanol–water partition coefficient (Wildman–Crippen LogP) is 2.48. The van der Waals surface area contributed by atoms with Gasteiger partial charge in [0.15, 0.2) is 0 Å². The van der Waals surface area contributed by atoms with Gasteiger partial charge in [-0.25, -0.2) is 0 Å². The summed E-state index contributed by atoms with van der Waals surface area (Å²) in [6.45, 7) is 1.89. The summed E-state index contributed by atoms with van der Waals surface area (Å²) < 4.78 is 0. The molecule has 14 heavy (non-hydrogen) atoms. The highest BCUT2D eigenvalue weighted by atomic mass is 16.6. The van der Waals surface area contributed by atoms with Gasteiger partial charge in [0.2, 0.25) is 0 Å². The van der Waals surface area contributed by atoms with Crippen LogP contribution in [0.3, 0.4) is 0 Å². The lowest BCUT2D eigenvalue weighted by Crippen LogP contribution is -2.02. The Balaban J connectivity index is 2.21. The minimum atomic E-state index is -0.367. The summed E-state index contributed by atoms with van der Waals surface area (Å²) in [7, 11) is 0. The summed E-state index contributed by atoms with van der Waals surface area (Å²) in [5.74, 6) is 0. The molecule has 4 nitrogen and oxygen atoms in total. The summed E-state index contributed by atoms with van der Waals surface area (Å²) >= 11 is 0. The summed E-state index contributed by atoms with van der Waals surface area (Å²) in [5, 5.41) is 13.8. The second kappa shape index (κ2) is 3.29. The Kier molecular flexibility index (Phi) is 2.11. The molecule has 0 atom stereocenters. The summed E-state index contributed by atoms with van der Waals surface area (Å²) in [6, 6.07) is 5.50. The zero-order valence-corrected chi connectivity index (χ0v) is 7.99. The van der Waals surface area contributed by atoms with Gasteiger partial charge in [0.1, 0.15) is 0 Å². The smallest absolute Gasteiger partial charge is 0.269 e. The minimum absolute atomic E-state index is 0.156. The highest BCUT2D eigenvalue weighted by Crippen LogP contribution is 2.28. The van der Waals surface area contributed by atoms with E-state index >= 15 is 0 Å². The second-order valence-corrected chi connectivity index (χ2v) is 3.67. The minimum Gasteiger partial charge on any atom is -0.382 e. The molecule has 74 valence electrons. The quantitative estimate of drug-likeness (QED) is 0.591. The lowest BCUT2D eigenvalue weighted by Gasteiger charge is -2.07. The maximum Gasteiger partial charge on any atom is 0.269 e. The Morgan fingerprint density at radius 1 is 1.50 bits per heavy atom. The van der Waals surface area contributed by atoms with Crippen molar-refractivity contribution in [2.75, 3.05) is 5.32 Å². The molecule has 0 saturated heterocycles. The highest BCUT2D eigenvalue weighted by Gasteiger charge is 2.21. The second-order valence-electron chi connectivity index (χ2n) is 3.67. The van der Waals surface area contributed by atoms with Gasteiger partial charge >= 0.3 is 0 Å². The van der Waals surface area contributed by atoms with Crippen LogP contribution in [0.1, 0.15) is 18.4 Å². The Hall–Kier alpha value is -1.58. The summed E-state index contributed by atoms with van der Waals surface area (Å²) in [5.41, 5.74) is 2.10. The molecule has 1 aliphatic carbocycles. The van der Waals surface area contributed by atoms with E-state index in [4.69, 9.17) is 0 Å². The molecule has 1 fully saturated rings. The number of nitro benzene ring substituents is 1. The van der Waals surface area contributed by atoms with E-state index in [1.165, 1.54) is 18.9 Å². The number of benzene rings is 1. The predicted molar refractivity (Wildman–Crippen MR) is 54.5 cm³/mol. The van der Waals surface area contributed by atoms with E-state index < -0.39 is 0 Å². The number of nitro groups is 1. The molecule has 1 saturated carbocycles. The van der Waals surface area contributed by atoms with Gasteiger partial charge in [-0.15, -0.1) is 0 Å². The molecule has 0 aromatic heterocycles. The molecule has 0 spiro atoms. The molecule has 1 aliphatic rings. The molecule has 0 unspecified atom stereocenters. The zero-order chi connectivity index (χ0) is 10.1. The van der Waals surface area contributed by atoms with Gasteiger partial charge in [-0.1, -0.05) is 0 Å². The van der Waals surface area contributed by atoms with Crippen LogP contribution in [0.2, 0.25) is 0 Å². The summed E-state index contributed by atoms with van der Waals surface area (Å²) in [6.07, 6.45) is 2.41. The van der Waals surface area contributed by atoms with E-state index in [1.807, 2.05) is 6.92 Å². The van der Waals surface area contributed by atoms with Crippen LogP contribution >= 0.6 is 0 Å². The number of hydrogen-bond donors (Lipinski definition) is 1. The first-order chi connectivity index (χ1) is 6.66. The Bertz CT molecular complexity index is 372. The molecule has 2 rings (SSSR count). The molecule has 0 bridgehead atoms. The molecule has 0 amide bonds. The molecule has 0 aliphatic heterocycles. The Morgan fingerprint density at radius 3 is 2.71 bits per heavy atom. The first-order valence-electron chi connectivity index (χ1n) is 4.68. The largest absolute Gasteiger partial charge is 0.382 e. The van der Waals surface area contributed by atoms with Crippen molar-refractivity contribution in [3.63, 3.8) is 0 Å². The maximum atomic E-state index is 10.5. The number of non-ortho nitro benzene ring substituents is 1. The third-order valence-electron chi connectivity index (χ3n) is 2.36. The van der Waals surface area contributed by atoms with Crippen LogP contribution in [0.5, 0.6) is 0 Å². The standard InChI is InChI=1S/C10H12N2O2/c1-7-6-9(12(13)14)4-5-10(7)11-8-2-3-8/h4-6,8,11H,2-3H2,1H3. The molecular formula is C10H12N2O2. The SMILES string of the molecule is Cc1cc([N+](=O)[O-])ccc1NC1CC1. The van der Waals surface area contributed by atoms with Crippen molar-refractivity contribution in [1.29, 1.82) is 0 Å². The van der Waals surface area contributed by atoms with Crippen LogP contribution in [-0.4, -0.2) is 11.0 Å². The first-order valence-corrected chi connectivity index (χ1v) is 4.68. The third-order valence-corrected chi connectivity index (χ3v) is 2.36. The van der Waals surface area contributed by atoms with E-state index in [2.05, 4.69) is 5.32 Å². The molecule has 4 heteroatoms. The monoisotopic (exact) mass is 192 g/mol. The topological polar surface area (TPSA) is 55.2 Å². The van der Waals surface area contributed by atoms with Gasteiger partial charge in [-0.05, 0) is 31.4 Å². The van der Waals surface area contributed by atoms with Gasteiger partial charge in [-0.3, -0.25) is 10.1 Å². The average molecular weight is 192 g/mol. The van der Waals surface area contributed by atoms with Crippen molar-refractivity contribution in [3.8, 4) is 0 Å². The van der Waals surface area contributed by atoms with Crippen molar-refractivity contribution in [2.24, 2.45) is 0 Å². The Morgan fingerprint density at radius 2 is 2.21 bits per heavy atom. The van der Waals surface area contributed by atoms with Gasteiger partial charge in [0.05, 0.1) is 4.92 Å².